The van der Waals surface area contributed by atoms with Gasteiger partial charge < -0.3 is 37.3 Å². The van der Waals surface area contributed by atoms with Gasteiger partial charge in [-0.15, -0.1) is 0 Å². The molecule has 0 saturated carbocycles. The van der Waals surface area contributed by atoms with E-state index in [1.54, 1.807) is 24.4 Å². The highest BCUT2D eigenvalue weighted by atomic mass is 16.4. The van der Waals surface area contributed by atoms with Gasteiger partial charge in [-0.1, -0.05) is 18.2 Å². The second kappa shape index (κ2) is 10.2. The molecule has 12 heteroatoms. The average Bonchev–Trinajstić information content (AvgIpc) is 3.08. The number of nitrogens with two attached hydrogens (primary N) is 2. The Morgan fingerprint density at radius 3 is 2.23 bits per heavy atom. The molecule has 2 rings (SSSR count). The van der Waals surface area contributed by atoms with Gasteiger partial charge in [-0.3, -0.25) is 19.2 Å². The van der Waals surface area contributed by atoms with E-state index in [1.807, 2.05) is 6.07 Å². The van der Waals surface area contributed by atoms with Gasteiger partial charge in [-0.2, -0.15) is 0 Å². The maximum absolute atomic E-state index is 12.8. The van der Waals surface area contributed by atoms with E-state index in [-0.39, 0.29) is 6.42 Å². The third-order valence-corrected chi connectivity index (χ3v) is 4.48. The van der Waals surface area contributed by atoms with Crippen LogP contribution in [0.5, 0.6) is 0 Å². The Balaban J connectivity index is 2.26. The zero-order valence-electron chi connectivity index (χ0n) is 16.3. The van der Waals surface area contributed by atoms with Crippen molar-refractivity contribution in [2.45, 2.75) is 37.4 Å². The van der Waals surface area contributed by atoms with E-state index in [0.29, 0.717) is 5.56 Å². The summed E-state index contributed by atoms with van der Waals surface area (Å²) in [5, 5.41) is 23.3. The zero-order valence-corrected chi connectivity index (χ0v) is 16.3. The van der Waals surface area contributed by atoms with Crippen molar-refractivity contribution in [3.8, 4) is 0 Å². The Hall–Kier alpha value is -3.93. The van der Waals surface area contributed by atoms with Crippen molar-refractivity contribution >= 4 is 40.6 Å². The van der Waals surface area contributed by atoms with Crippen LogP contribution < -0.4 is 22.1 Å². The molecule has 31 heavy (non-hydrogen) atoms. The van der Waals surface area contributed by atoms with Gasteiger partial charge in [0.2, 0.25) is 17.7 Å². The first-order valence-corrected chi connectivity index (χ1v) is 9.22. The number of rotatable bonds is 11. The first kappa shape index (κ1) is 23.3. The standard InChI is InChI=1S/C19H23N5O7/c20-11(6-15(21)25)17(28)23-13(18(29)24-14(19(30)31)7-16(26)27)5-9-8-22-12-4-2-1-3-10(9)12/h1-4,8,11,13-14,22H,5-7,20H2,(H2,21,25)(H,23,28)(H,24,29)(H,26,27)(H,30,31)/t11-,13-,14-/m0/s1. The number of aliphatic carboxylic acids is 2. The van der Waals surface area contributed by atoms with Crippen LogP contribution in [0.15, 0.2) is 30.5 Å². The van der Waals surface area contributed by atoms with E-state index in [9.17, 15) is 29.1 Å². The smallest absolute Gasteiger partial charge is 0.326 e. The molecule has 1 heterocycles. The third kappa shape index (κ3) is 6.54. The molecule has 0 spiro atoms. The SMILES string of the molecule is NC(=O)C[C@H](N)C(=O)N[C@@H](Cc1c[nH]c2ccccc12)C(=O)N[C@@H](CC(=O)O)C(=O)O. The van der Waals surface area contributed by atoms with Gasteiger partial charge in [0.25, 0.3) is 0 Å². The fourth-order valence-electron chi connectivity index (χ4n) is 2.96. The summed E-state index contributed by atoms with van der Waals surface area (Å²) in [4.78, 5) is 61.3. The summed E-state index contributed by atoms with van der Waals surface area (Å²) in [5.41, 5.74) is 12.1. The molecule has 3 amide bonds. The lowest BCUT2D eigenvalue weighted by Crippen LogP contribution is -2.55. The van der Waals surface area contributed by atoms with E-state index < -0.39 is 60.6 Å². The number of H-pyrrole nitrogens is 1. The van der Waals surface area contributed by atoms with Gasteiger partial charge in [0.15, 0.2) is 0 Å². The molecule has 166 valence electrons. The number of amides is 3. The Morgan fingerprint density at radius 1 is 0.968 bits per heavy atom. The van der Waals surface area contributed by atoms with E-state index in [0.717, 1.165) is 10.9 Å². The highest BCUT2D eigenvalue weighted by Gasteiger charge is 2.30. The molecule has 0 aliphatic rings. The quantitative estimate of drug-likeness (QED) is 0.219. The van der Waals surface area contributed by atoms with Crippen LogP contribution in [0.25, 0.3) is 10.9 Å². The van der Waals surface area contributed by atoms with Crippen LogP contribution in [0.2, 0.25) is 0 Å². The molecule has 2 aromatic rings. The lowest BCUT2D eigenvalue weighted by molar-refractivity contribution is -0.147. The summed E-state index contributed by atoms with van der Waals surface area (Å²) < 4.78 is 0. The third-order valence-electron chi connectivity index (χ3n) is 4.48. The minimum Gasteiger partial charge on any atom is -0.481 e. The summed E-state index contributed by atoms with van der Waals surface area (Å²) >= 11 is 0. The zero-order chi connectivity index (χ0) is 23.1. The highest BCUT2D eigenvalue weighted by molar-refractivity contribution is 5.94. The lowest BCUT2D eigenvalue weighted by Gasteiger charge is -2.22. The van der Waals surface area contributed by atoms with Gasteiger partial charge >= 0.3 is 11.9 Å². The second-order valence-corrected chi connectivity index (χ2v) is 6.90. The molecule has 1 aromatic heterocycles. The van der Waals surface area contributed by atoms with E-state index in [2.05, 4.69) is 15.6 Å². The first-order valence-electron chi connectivity index (χ1n) is 9.22. The van der Waals surface area contributed by atoms with Crippen molar-refractivity contribution in [3.63, 3.8) is 0 Å². The van der Waals surface area contributed by atoms with Crippen LogP contribution in [0, 0.1) is 0 Å². The molecule has 0 radical (unpaired) electrons. The number of fused-ring (bicyclic) bond motifs is 1. The number of aromatic amines is 1. The number of carboxylic acids is 2. The summed E-state index contributed by atoms with van der Waals surface area (Å²) in [6.45, 7) is 0. The minimum absolute atomic E-state index is 0.0513. The monoisotopic (exact) mass is 433 g/mol. The van der Waals surface area contributed by atoms with Crippen molar-refractivity contribution in [1.82, 2.24) is 15.6 Å². The number of carbonyl (C=O) groups is 5. The van der Waals surface area contributed by atoms with Crippen LogP contribution >= 0.6 is 0 Å². The highest BCUT2D eigenvalue weighted by Crippen LogP contribution is 2.19. The molecule has 0 fully saturated rings. The molecule has 0 unspecified atom stereocenters. The number of para-hydroxylation sites is 1. The van der Waals surface area contributed by atoms with Crippen molar-refractivity contribution < 1.29 is 34.2 Å². The average molecular weight is 433 g/mol. The van der Waals surface area contributed by atoms with Crippen LogP contribution in [0.3, 0.4) is 0 Å². The molecule has 0 bridgehead atoms. The van der Waals surface area contributed by atoms with Crippen LogP contribution in [0.4, 0.5) is 0 Å². The molecule has 1 aromatic carbocycles. The summed E-state index contributed by atoms with van der Waals surface area (Å²) in [7, 11) is 0. The number of hydrogen-bond acceptors (Lipinski definition) is 6. The summed E-state index contributed by atoms with van der Waals surface area (Å²) in [5.74, 6) is -5.54. The van der Waals surface area contributed by atoms with E-state index >= 15 is 0 Å². The molecule has 12 nitrogen and oxygen atoms in total. The van der Waals surface area contributed by atoms with Crippen molar-refractivity contribution in [3.05, 3.63) is 36.0 Å². The molecular weight excluding hydrogens is 410 g/mol. The van der Waals surface area contributed by atoms with Gasteiger partial charge in [0, 0.05) is 23.5 Å². The fourth-order valence-corrected chi connectivity index (χ4v) is 2.96. The Morgan fingerprint density at radius 2 is 1.61 bits per heavy atom. The maximum atomic E-state index is 12.8. The minimum atomic E-state index is -1.70. The van der Waals surface area contributed by atoms with Gasteiger partial charge in [-0.05, 0) is 11.6 Å². The number of primary amides is 1. The van der Waals surface area contributed by atoms with Crippen LogP contribution in [-0.2, 0) is 30.4 Å². The maximum Gasteiger partial charge on any atom is 0.326 e. The molecule has 3 atom stereocenters. The van der Waals surface area contributed by atoms with Crippen LogP contribution in [0.1, 0.15) is 18.4 Å². The van der Waals surface area contributed by atoms with Gasteiger partial charge in [-0.25, -0.2) is 4.79 Å². The summed E-state index contributed by atoms with van der Waals surface area (Å²) in [6, 6.07) is 2.88. The van der Waals surface area contributed by atoms with Crippen molar-refractivity contribution in [2.75, 3.05) is 0 Å². The van der Waals surface area contributed by atoms with Crippen LogP contribution in [-0.4, -0.2) is 63.0 Å². The van der Waals surface area contributed by atoms with E-state index in [1.165, 1.54) is 0 Å². The molecule has 0 aliphatic carbocycles. The number of carbonyl (C=O) groups excluding carboxylic acids is 3. The molecule has 9 N–H and O–H groups in total. The number of benzene rings is 1. The van der Waals surface area contributed by atoms with Gasteiger partial charge in [0.05, 0.1) is 18.9 Å². The Labute approximate surface area is 176 Å². The second-order valence-electron chi connectivity index (χ2n) is 6.90. The largest absolute Gasteiger partial charge is 0.481 e. The number of aromatic nitrogens is 1. The Bertz CT molecular complexity index is 1000. The fraction of sp³-hybridized carbons (Fsp3) is 0.316. The molecule has 0 saturated heterocycles. The first-order chi connectivity index (χ1) is 14.6. The molecule has 0 aliphatic heterocycles. The van der Waals surface area contributed by atoms with E-state index in [4.69, 9.17) is 16.6 Å². The van der Waals surface area contributed by atoms with Gasteiger partial charge in [0.1, 0.15) is 12.1 Å². The van der Waals surface area contributed by atoms with Crippen molar-refractivity contribution in [2.24, 2.45) is 11.5 Å². The topological polar surface area (TPSA) is 218 Å². The Kier molecular flexibility index (Phi) is 7.69. The number of nitrogens with one attached hydrogen (secondary N) is 3. The molecular formula is C19H23N5O7. The number of hydrogen-bond donors (Lipinski definition) is 7. The van der Waals surface area contributed by atoms with Crippen molar-refractivity contribution in [1.29, 1.82) is 0 Å². The number of carboxylic acid groups (broad SMARTS) is 2. The predicted octanol–water partition coefficient (Wildman–Crippen LogP) is -1.56. The normalized spacial score (nSPS) is 13.7. The predicted molar refractivity (Wildman–Crippen MR) is 108 cm³/mol. The summed E-state index contributed by atoms with van der Waals surface area (Å²) in [6.07, 6.45) is 0.274. The lowest BCUT2D eigenvalue weighted by atomic mass is 10.0.